The fraction of sp³-hybridized carbons (Fsp3) is 0.632. The number of fused-ring (bicyclic) bond motifs is 1. The molecule has 3 rings (SSSR count). The molecule has 1 saturated heterocycles. The Morgan fingerprint density at radius 2 is 2.15 bits per heavy atom. The summed E-state index contributed by atoms with van der Waals surface area (Å²) in [5.74, 6) is 0. The molecule has 1 atom stereocenters. The molecule has 2 N–H and O–H groups in total. The quantitative estimate of drug-likeness (QED) is 0.647. The van der Waals surface area contributed by atoms with Gasteiger partial charge >= 0.3 is 6.09 Å². The van der Waals surface area contributed by atoms with Gasteiger partial charge in [0.1, 0.15) is 5.60 Å². The summed E-state index contributed by atoms with van der Waals surface area (Å²) in [7, 11) is 0. The lowest BCUT2D eigenvalue weighted by Gasteiger charge is -2.27. The van der Waals surface area contributed by atoms with Crippen LogP contribution in [-0.2, 0) is 11.2 Å². The number of hydrogen-bond acceptors (Lipinski definition) is 4. The first kappa shape index (κ1) is 21.3. The van der Waals surface area contributed by atoms with E-state index in [1.54, 1.807) is 4.90 Å². The molecule has 0 aromatic heterocycles. The maximum atomic E-state index is 11.6. The number of anilines is 1. The molecule has 1 aromatic rings. The molecule has 1 aromatic carbocycles. The number of aliphatic hydroxyl groups excluding tert-OH is 1. The van der Waals surface area contributed by atoms with E-state index in [0.717, 1.165) is 35.3 Å². The molecule has 2 heterocycles. The summed E-state index contributed by atoms with van der Waals surface area (Å²) in [4.78, 5) is 13.2. The smallest absolute Gasteiger partial charge is 0.410 e. The fourth-order valence-corrected chi connectivity index (χ4v) is 4.11. The second-order valence-electron chi connectivity index (χ2n) is 7.60. The average molecular weight is 448 g/mol. The molecule has 1 amide bonds. The SMILES string of the molecule is CC(C)(C)OC(=O)N1CCCC1CO.Clc1cc(Br)c2c(c1)CCCN2. The van der Waals surface area contributed by atoms with E-state index in [1.165, 1.54) is 17.7 Å². The van der Waals surface area contributed by atoms with Gasteiger partial charge in [-0.1, -0.05) is 11.6 Å². The molecule has 5 nitrogen and oxygen atoms in total. The predicted octanol–water partition coefficient (Wildman–Crippen LogP) is 4.84. The van der Waals surface area contributed by atoms with Gasteiger partial charge in [0.2, 0.25) is 0 Å². The second-order valence-corrected chi connectivity index (χ2v) is 8.90. The van der Waals surface area contributed by atoms with Gasteiger partial charge < -0.3 is 20.1 Å². The number of aliphatic hydroxyl groups is 1. The maximum Gasteiger partial charge on any atom is 0.410 e. The number of halogens is 2. The topological polar surface area (TPSA) is 61.8 Å². The van der Waals surface area contributed by atoms with Crippen molar-refractivity contribution in [2.24, 2.45) is 0 Å². The van der Waals surface area contributed by atoms with Crippen LogP contribution in [-0.4, -0.2) is 47.4 Å². The lowest BCUT2D eigenvalue weighted by molar-refractivity contribution is 0.0176. The van der Waals surface area contributed by atoms with Gasteiger partial charge in [0, 0.05) is 22.6 Å². The predicted molar refractivity (Wildman–Crippen MR) is 109 cm³/mol. The number of carbonyl (C=O) groups excluding carboxylic acids is 1. The van der Waals surface area contributed by atoms with Gasteiger partial charge in [-0.15, -0.1) is 0 Å². The standard InChI is InChI=1S/C10H19NO3.C9H9BrClN/c1-10(2,3)14-9(13)11-6-4-5-8(11)7-12;10-8-5-7(11)4-6-2-1-3-12-9(6)8/h8,12H,4-7H2,1-3H3;4-5,12H,1-3H2. The van der Waals surface area contributed by atoms with Crippen LogP contribution in [0.15, 0.2) is 16.6 Å². The first-order valence-electron chi connectivity index (χ1n) is 9.03. The minimum Gasteiger partial charge on any atom is -0.444 e. The van der Waals surface area contributed by atoms with E-state index in [4.69, 9.17) is 21.4 Å². The van der Waals surface area contributed by atoms with Crippen molar-refractivity contribution in [2.75, 3.05) is 25.0 Å². The van der Waals surface area contributed by atoms with Crippen molar-refractivity contribution >= 4 is 39.3 Å². The normalized spacial score (nSPS) is 19.2. The summed E-state index contributed by atoms with van der Waals surface area (Å²) >= 11 is 9.41. The summed E-state index contributed by atoms with van der Waals surface area (Å²) in [6.07, 6.45) is 3.83. The zero-order valence-corrected chi connectivity index (χ0v) is 18.0. The van der Waals surface area contributed by atoms with Crippen LogP contribution < -0.4 is 5.32 Å². The number of hydrogen-bond donors (Lipinski definition) is 2. The summed E-state index contributed by atoms with van der Waals surface area (Å²) < 4.78 is 6.30. The molecular formula is C19H28BrClN2O3. The number of carbonyl (C=O) groups is 1. The van der Waals surface area contributed by atoms with E-state index in [0.29, 0.717) is 6.54 Å². The third-order valence-electron chi connectivity index (χ3n) is 4.28. The van der Waals surface area contributed by atoms with E-state index >= 15 is 0 Å². The molecule has 0 bridgehead atoms. The number of benzene rings is 1. The van der Waals surface area contributed by atoms with Crippen molar-refractivity contribution in [1.82, 2.24) is 4.90 Å². The molecule has 2 aliphatic heterocycles. The summed E-state index contributed by atoms with van der Waals surface area (Å²) in [6, 6.07) is 3.91. The van der Waals surface area contributed by atoms with Gasteiger partial charge in [0.05, 0.1) is 18.3 Å². The number of aryl methyl sites for hydroxylation is 1. The number of amides is 1. The van der Waals surface area contributed by atoms with Crippen LogP contribution in [0, 0.1) is 0 Å². The molecule has 1 unspecified atom stereocenters. The van der Waals surface area contributed by atoms with Crippen molar-refractivity contribution in [3.63, 3.8) is 0 Å². The molecule has 146 valence electrons. The number of nitrogens with zero attached hydrogens (tertiary/aromatic N) is 1. The van der Waals surface area contributed by atoms with E-state index in [9.17, 15) is 4.79 Å². The van der Waals surface area contributed by atoms with Gasteiger partial charge in [-0.25, -0.2) is 4.79 Å². The van der Waals surface area contributed by atoms with Gasteiger partial charge in [-0.3, -0.25) is 0 Å². The Labute approximate surface area is 169 Å². The number of likely N-dealkylation sites (tertiary alicyclic amines) is 1. The third kappa shape index (κ3) is 6.03. The Morgan fingerprint density at radius 1 is 1.42 bits per heavy atom. The molecule has 0 spiro atoms. The van der Waals surface area contributed by atoms with Crippen molar-refractivity contribution in [1.29, 1.82) is 0 Å². The molecule has 0 aliphatic carbocycles. The van der Waals surface area contributed by atoms with Gasteiger partial charge in [-0.05, 0) is 80.1 Å². The largest absolute Gasteiger partial charge is 0.444 e. The molecular weight excluding hydrogens is 420 g/mol. The maximum absolute atomic E-state index is 11.6. The molecule has 2 aliphatic rings. The monoisotopic (exact) mass is 446 g/mol. The molecule has 0 saturated carbocycles. The van der Waals surface area contributed by atoms with Crippen molar-refractivity contribution < 1.29 is 14.6 Å². The van der Waals surface area contributed by atoms with Crippen LogP contribution in [0.3, 0.4) is 0 Å². The number of nitrogens with one attached hydrogen (secondary N) is 1. The van der Waals surface area contributed by atoms with Gasteiger partial charge in [0.25, 0.3) is 0 Å². The lowest BCUT2D eigenvalue weighted by atomic mass is 10.0. The summed E-state index contributed by atoms with van der Waals surface area (Å²) in [5.41, 5.74) is 2.07. The summed E-state index contributed by atoms with van der Waals surface area (Å²) in [5, 5.41) is 13.2. The van der Waals surface area contributed by atoms with Crippen LogP contribution in [0.1, 0.15) is 45.6 Å². The first-order chi connectivity index (χ1) is 12.2. The Kier molecular flexibility index (Phi) is 7.62. The van der Waals surface area contributed by atoms with Crippen molar-refractivity contribution in [2.45, 2.75) is 58.1 Å². The molecule has 0 radical (unpaired) electrons. The minimum absolute atomic E-state index is 0.0270. The van der Waals surface area contributed by atoms with E-state index in [-0.39, 0.29) is 18.7 Å². The Bertz CT molecular complexity index is 634. The average Bonchev–Trinajstić information content (AvgIpc) is 3.02. The van der Waals surface area contributed by atoms with E-state index in [2.05, 4.69) is 21.2 Å². The highest BCUT2D eigenvalue weighted by atomic mass is 79.9. The Hall–Kier alpha value is -0.980. The summed E-state index contributed by atoms with van der Waals surface area (Å²) in [6.45, 7) is 7.31. The molecule has 1 fully saturated rings. The van der Waals surface area contributed by atoms with E-state index < -0.39 is 5.60 Å². The fourth-order valence-electron chi connectivity index (χ4n) is 3.10. The zero-order chi connectivity index (χ0) is 19.3. The highest BCUT2D eigenvalue weighted by molar-refractivity contribution is 9.10. The van der Waals surface area contributed by atoms with Gasteiger partial charge in [-0.2, -0.15) is 0 Å². The number of ether oxygens (including phenoxy) is 1. The van der Waals surface area contributed by atoms with Crippen LogP contribution in [0.2, 0.25) is 5.02 Å². The van der Waals surface area contributed by atoms with Crippen LogP contribution in [0.4, 0.5) is 10.5 Å². The van der Waals surface area contributed by atoms with Crippen LogP contribution in [0.5, 0.6) is 0 Å². The minimum atomic E-state index is -0.459. The zero-order valence-electron chi connectivity index (χ0n) is 15.6. The van der Waals surface area contributed by atoms with Crippen molar-refractivity contribution in [3.05, 3.63) is 27.2 Å². The highest BCUT2D eigenvalue weighted by Crippen LogP contribution is 2.33. The lowest BCUT2D eigenvalue weighted by Crippen LogP contribution is -2.41. The third-order valence-corrected chi connectivity index (χ3v) is 5.12. The van der Waals surface area contributed by atoms with Crippen LogP contribution in [0.25, 0.3) is 0 Å². The van der Waals surface area contributed by atoms with Crippen molar-refractivity contribution in [3.8, 4) is 0 Å². The molecule has 7 heteroatoms. The van der Waals surface area contributed by atoms with Gasteiger partial charge in [0.15, 0.2) is 0 Å². The van der Waals surface area contributed by atoms with Crippen LogP contribution >= 0.6 is 27.5 Å². The Balaban J connectivity index is 0.000000189. The molecule has 26 heavy (non-hydrogen) atoms. The number of rotatable bonds is 1. The Morgan fingerprint density at radius 3 is 2.81 bits per heavy atom. The first-order valence-corrected chi connectivity index (χ1v) is 10.2. The second kappa shape index (κ2) is 9.29. The highest BCUT2D eigenvalue weighted by Gasteiger charge is 2.31. The van der Waals surface area contributed by atoms with E-state index in [1.807, 2.05) is 32.9 Å².